The van der Waals surface area contributed by atoms with Gasteiger partial charge in [0, 0.05) is 35.7 Å². The largest absolute Gasteiger partial charge is 0.381 e. The quantitative estimate of drug-likeness (QED) is 0.690. The highest BCUT2D eigenvalue weighted by Crippen LogP contribution is 2.35. The third-order valence-corrected chi connectivity index (χ3v) is 7.68. The second-order valence-electron chi connectivity index (χ2n) is 8.28. The van der Waals surface area contributed by atoms with Crippen molar-refractivity contribution in [2.75, 3.05) is 32.1 Å². The fourth-order valence-electron chi connectivity index (χ4n) is 3.82. The first-order valence-corrected chi connectivity index (χ1v) is 11.8. The summed E-state index contributed by atoms with van der Waals surface area (Å²) in [5.74, 6) is 6.53. The first-order valence-electron chi connectivity index (χ1n) is 9.78. The van der Waals surface area contributed by atoms with Crippen LogP contribution >= 0.6 is 11.6 Å². The molecule has 1 atom stereocenters. The molecule has 4 nitrogen and oxygen atoms in total. The van der Waals surface area contributed by atoms with Crippen LogP contribution in [-0.4, -0.2) is 44.8 Å². The molecule has 1 aromatic carbocycles. The Bertz CT molecular complexity index is 890. The van der Waals surface area contributed by atoms with E-state index in [0.717, 1.165) is 25.0 Å². The number of benzene rings is 1. The van der Waals surface area contributed by atoms with E-state index in [4.69, 9.17) is 16.3 Å². The van der Waals surface area contributed by atoms with Crippen molar-refractivity contribution in [3.05, 3.63) is 46.5 Å². The van der Waals surface area contributed by atoms with E-state index in [1.165, 1.54) is 5.57 Å². The Balaban J connectivity index is 1.66. The van der Waals surface area contributed by atoms with Crippen molar-refractivity contribution in [1.82, 2.24) is 4.31 Å². The number of sulfonamides is 1. The smallest absolute Gasteiger partial charge is 0.214 e. The molecule has 0 bridgehead atoms. The lowest BCUT2D eigenvalue weighted by atomic mass is 9.79. The van der Waals surface area contributed by atoms with Gasteiger partial charge in [-0.25, -0.2) is 12.7 Å². The Morgan fingerprint density at radius 3 is 2.89 bits per heavy atom. The van der Waals surface area contributed by atoms with Gasteiger partial charge in [0.25, 0.3) is 0 Å². The third kappa shape index (κ3) is 5.61. The molecule has 0 aromatic heterocycles. The lowest BCUT2D eigenvalue weighted by Crippen LogP contribution is -2.46. The maximum absolute atomic E-state index is 12.9. The van der Waals surface area contributed by atoms with E-state index >= 15 is 0 Å². The minimum atomic E-state index is -3.27. The monoisotopic (exact) mass is 421 g/mol. The molecule has 0 spiro atoms. The molecule has 2 heterocycles. The van der Waals surface area contributed by atoms with Crippen molar-refractivity contribution in [2.45, 2.75) is 33.1 Å². The summed E-state index contributed by atoms with van der Waals surface area (Å²) in [5.41, 5.74) is 1.82. The second-order valence-corrected chi connectivity index (χ2v) is 10.7. The molecule has 0 radical (unpaired) electrons. The van der Waals surface area contributed by atoms with Gasteiger partial charge in [-0.05, 0) is 49.5 Å². The number of nitrogens with zero attached hydrogens (tertiary/aromatic N) is 1. The summed E-state index contributed by atoms with van der Waals surface area (Å²) in [6, 6.07) is 7.46. The maximum atomic E-state index is 12.9. The van der Waals surface area contributed by atoms with Gasteiger partial charge in [-0.15, -0.1) is 0 Å². The van der Waals surface area contributed by atoms with Crippen molar-refractivity contribution in [1.29, 1.82) is 0 Å². The van der Waals surface area contributed by atoms with Crippen molar-refractivity contribution >= 4 is 21.6 Å². The predicted molar refractivity (Wildman–Crippen MR) is 114 cm³/mol. The first kappa shape index (κ1) is 21.4. The molecule has 2 aliphatic heterocycles. The normalized spacial score (nSPS) is 24.5. The van der Waals surface area contributed by atoms with Crippen LogP contribution in [0.4, 0.5) is 0 Å². The number of hydrogen-bond acceptors (Lipinski definition) is 3. The molecule has 1 unspecified atom stereocenters. The van der Waals surface area contributed by atoms with Crippen LogP contribution in [0.5, 0.6) is 0 Å². The molecular formula is C22H28ClNO3S. The Kier molecular flexibility index (Phi) is 6.88. The highest BCUT2D eigenvalue weighted by Gasteiger charge is 2.37. The summed E-state index contributed by atoms with van der Waals surface area (Å²) in [6.07, 6.45) is 4.53. The lowest BCUT2D eigenvalue weighted by molar-refractivity contribution is 0.0620. The van der Waals surface area contributed by atoms with Gasteiger partial charge in [0.15, 0.2) is 0 Å². The van der Waals surface area contributed by atoms with Gasteiger partial charge in [-0.1, -0.05) is 48.9 Å². The molecule has 2 aliphatic rings. The number of allylic oxidation sites excluding steroid dienone is 1. The van der Waals surface area contributed by atoms with E-state index in [2.05, 4.69) is 25.7 Å². The third-order valence-electron chi connectivity index (χ3n) is 5.45. The summed E-state index contributed by atoms with van der Waals surface area (Å²) in [6.45, 7) is 6.49. The molecule has 2 saturated heterocycles. The summed E-state index contributed by atoms with van der Waals surface area (Å²) >= 11 is 5.99. The van der Waals surface area contributed by atoms with Crippen LogP contribution in [-0.2, 0) is 14.8 Å². The van der Waals surface area contributed by atoms with E-state index in [-0.39, 0.29) is 17.1 Å². The average Bonchev–Trinajstić information content (AvgIpc) is 2.63. The minimum absolute atomic E-state index is 0.113. The zero-order valence-corrected chi connectivity index (χ0v) is 18.2. The van der Waals surface area contributed by atoms with Gasteiger partial charge in [0.2, 0.25) is 10.0 Å². The Labute approximate surface area is 174 Å². The summed E-state index contributed by atoms with van der Waals surface area (Å²) in [4.78, 5) is 0. The molecular weight excluding hydrogens is 394 g/mol. The molecule has 0 aliphatic carbocycles. The molecule has 0 amide bonds. The van der Waals surface area contributed by atoms with Gasteiger partial charge in [-0.3, -0.25) is 0 Å². The first-order chi connectivity index (χ1) is 13.3. The molecule has 28 heavy (non-hydrogen) atoms. The molecule has 1 aromatic rings. The fraction of sp³-hybridized carbons (Fsp3) is 0.545. The van der Waals surface area contributed by atoms with Gasteiger partial charge in [0.05, 0.1) is 12.4 Å². The highest BCUT2D eigenvalue weighted by molar-refractivity contribution is 7.89. The van der Waals surface area contributed by atoms with Crippen LogP contribution in [0.25, 0.3) is 0 Å². The number of piperidine rings is 1. The molecule has 3 rings (SSSR count). The summed E-state index contributed by atoms with van der Waals surface area (Å²) < 4.78 is 32.9. The highest BCUT2D eigenvalue weighted by atomic mass is 35.5. The molecule has 2 fully saturated rings. The van der Waals surface area contributed by atoms with Crippen molar-refractivity contribution < 1.29 is 13.2 Å². The standard InChI is InChI=1S/C22H28ClNO3S/c1-22(2)17-24(28(25,26)16-19-8-5-13-27-15-19)12-11-20(22)9-3-6-18-7-4-10-21(23)14-18/h4,7,9-10,14,19H,5,8,11-13,15-17H2,1-2H3/b20-9+. The van der Waals surface area contributed by atoms with E-state index in [9.17, 15) is 8.42 Å². The summed E-state index contributed by atoms with van der Waals surface area (Å²) in [7, 11) is -3.27. The van der Waals surface area contributed by atoms with E-state index < -0.39 is 10.0 Å². The number of rotatable bonds is 3. The molecule has 0 N–H and O–H groups in total. The lowest BCUT2D eigenvalue weighted by Gasteiger charge is -2.40. The van der Waals surface area contributed by atoms with Crippen molar-refractivity contribution in [3.8, 4) is 11.8 Å². The van der Waals surface area contributed by atoms with E-state index in [1.807, 2.05) is 30.3 Å². The maximum Gasteiger partial charge on any atom is 0.214 e. The average molecular weight is 422 g/mol. The topological polar surface area (TPSA) is 46.6 Å². The van der Waals surface area contributed by atoms with Gasteiger partial charge >= 0.3 is 0 Å². The van der Waals surface area contributed by atoms with Gasteiger partial charge < -0.3 is 4.74 Å². The number of halogens is 1. The van der Waals surface area contributed by atoms with Crippen LogP contribution in [0.3, 0.4) is 0 Å². The number of hydrogen-bond donors (Lipinski definition) is 0. The predicted octanol–water partition coefficient (Wildman–Crippen LogP) is 4.11. The fourth-order valence-corrected chi connectivity index (χ4v) is 5.97. The zero-order chi connectivity index (χ0) is 20.2. The number of ether oxygens (including phenoxy) is 1. The van der Waals surface area contributed by atoms with E-state index in [1.54, 1.807) is 4.31 Å². The second kappa shape index (κ2) is 9.00. The van der Waals surface area contributed by atoms with Crippen LogP contribution in [0, 0.1) is 23.2 Å². The summed E-state index contributed by atoms with van der Waals surface area (Å²) in [5, 5.41) is 0.668. The minimum Gasteiger partial charge on any atom is -0.381 e. The molecule has 152 valence electrons. The zero-order valence-electron chi connectivity index (χ0n) is 16.6. The Morgan fingerprint density at radius 2 is 2.21 bits per heavy atom. The van der Waals surface area contributed by atoms with Gasteiger partial charge in [-0.2, -0.15) is 0 Å². The van der Waals surface area contributed by atoms with Crippen LogP contribution in [0.2, 0.25) is 5.02 Å². The molecule has 0 saturated carbocycles. The van der Waals surface area contributed by atoms with Crippen LogP contribution in [0.1, 0.15) is 38.7 Å². The van der Waals surface area contributed by atoms with Crippen LogP contribution < -0.4 is 0 Å². The molecule has 6 heteroatoms. The SMILES string of the molecule is CC1(C)CN(S(=O)(=O)CC2CCCOC2)CC/C1=C\C#Cc1cccc(Cl)c1. The Hall–Kier alpha value is -1.32. The van der Waals surface area contributed by atoms with Gasteiger partial charge in [0.1, 0.15) is 0 Å². The van der Waals surface area contributed by atoms with Crippen molar-refractivity contribution in [2.24, 2.45) is 11.3 Å². The van der Waals surface area contributed by atoms with Crippen molar-refractivity contribution in [3.63, 3.8) is 0 Å². The Morgan fingerprint density at radius 1 is 1.39 bits per heavy atom. The van der Waals surface area contributed by atoms with E-state index in [0.29, 0.717) is 31.1 Å². The van der Waals surface area contributed by atoms with Crippen LogP contribution in [0.15, 0.2) is 35.9 Å².